The van der Waals surface area contributed by atoms with E-state index in [-0.39, 0.29) is 24.6 Å². The van der Waals surface area contributed by atoms with Gasteiger partial charge < -0.3 is 19.5 Å². The van der Waals surface area contributed by atoms with Gasteiger partial charge in [0, 0.05) is 15.9 Å². The fourth-order valence-electron chi connectivity index (χ4n) is 4.76. The zero-order chi connectivity index (χ0) is 20.5. The number of hydrogen-bond donors (Lipinski definition) is 1. The van der Waals surface area contributed by atoms with Crippen molar-refractivity contribution in [3.63, 3.8) is 0 Å². The molecule has 2 bridgehead atoms. The molecule has 1 saturated heterocycles. The molecule has 152 valence electrons. The molecule has 7 nitrogen and oxygen atoms in total. The second-order valence-corrected chi connectivity index (χ2v) is 9.55. The normalized spacial score (nSPS) is 32.2. The Labute approximate surface area is 167 Å². The van der Waals surface area contributed by atoms with E-state index in [0.29, 0.717) is 30.0 Å². The maximum Gasteiger partial charge on any atom is 0.341 e. The molecule has 1 amide bonds. The number of carbonyl (C=O) groups excluding carboxylic acids is 3. The molecule has 3 heterocycles. The molecule has 3 aliphatic rings. The average Bonchev–Trinajstić information content (AvgIpc) is 3.25. The fraction of sp³-hybridized carbons (Fsp3) is 0.650. The predicted octanol–water partition coefficient (Wildman–Crippen LogP) is 3.58. The van der Waals surface area contributed by atoms with Crippen LogP contribution in [0.25, 0.3) is 0 Å². The van der Waals surface area contributed by atoms with Crippen LogP contribution < -0.4 is 5.32 Å². The van der Waals surface area contributed by atoms with Crippen molar-refractivity contribution in [3.05, 3.63) is 16.0 Å². The number of ether oxygens (including phenoxy) is 3. The Morgan fingerprint density at radius 3 is 2.57 bits per heavy atom. The molecule has 1 aromatic heterocycles. The number of thiophene rings is 1. The van der Waals surface area contributed by atoms with Crippen LogP contribution in [0.4, 0.5) is 5.00 Å². The Hall–Kier alpha value is -1.93. The van der Waals surface area contributed by atoms with Gasteiger partial charge in [-0.05, 0) is 33.6 Å². The molecule has 0 aromatic carbocycles. The number of rotatable bonds is 4. The first-order valence-electron chi connectivity index (χ1n) is 9.58. The van der Waals surface area contributed by atoms with Crippen LogP contribution in [0.5, 0.6) is 0 Å². The van der Waals surface area contributed by atoms with Gasteiger partial charge in [-0.15, -0.1) is 11.3 Å². The van der Waals surface area contributed by atoms with Crippen LogP contribution in [-0.4, -0.2) is 30.1 Å². The smallest absolute Gasteiger partial charge is 0.341 e. The monoisotopic (exact) mass is 407 g/mol. The molecule has 3 atom stereocenters. The van der Waals surface area contributed by atoms with E-state index in [1.54, 1.807) is 6.92 Å². The first-order valence-corrected chi connectivity index (χ1v) is 10.4. The summed E-state index contributed by atoms with van der Waals surface area (Å²) >= 11 is 1.32. The van der Waals surface area contributed by atoms with Gasteiger partial charge in [0.15, 0.2) is 5.60 Å². The quantitative estimate of drug-likeness (QED) is 0.767. The maximum atomic E-state index is 13.4. The molecular weight excluding hydrogens is 382 g/mol. The number of hydrogen-bond acceptors (Lipinski definition) is 7. The number of nitrogens with one attached hydrogen (secondary N) is 1. The van der Waals surface area contributed by atoms with Crippen LogP contribution in [0.15, 0.2) is 0 Å². The third kappa shape index (κ3) is 2.21. The van der Waals surface area contributed by atoms with Crippen molar-refractivity contribution in [2.45, 2.75) is 65.8 Å². The van der Waals surface area contributed by atoms with E-state index in [4.69, 9.17) is 14.2 Å². The van der Waals surface area contributed by atoms with Gasteiger partial charge in [0.1, 0.15) is 10.6 Å². The topological polar surface area (TPSA) is 90.9 Å². The van der Waals surface area contributed by atoms with Crippen LogP contribution >= 0.6 is 11.3 Å². The molecule has 8 heteroatoms. The van der Waals surface area contributed by atoms with Crippen molar-refractivity contribution in [2.75, 3.05) is 11.9 Å². The minimum atomic E-state index is -1.23. The summed E-state index contributed by atoms with van der Waals surface area (Å²) in [5, 5.41) is 3.34. The lowest BCUT2D eigenvalue weighted by molar-refractivity contribution is -0.165. The summed E-state index contributed by atoms with van der Waals surface area (Å²) in [6.45, 7) is 9.91. The van der Waals surface area contributed by atoms with Crippen LogP contribution in [0, 0.1) is 10.8 Å². The van der Waals surface area contributed by atoms with E-state index in [9.17, 15) is 14.4 Å². The molecular formula is C20H25NO6S. The van der Waals surface area contributed by atoms with Crippen LogP contribution in [0.2, 0.25) is 0 Å². The van der Waals surface area contributed by atoms with Crippen molar-refractivity contribution in [1.82, 2.24) is 0 Å². The lowest BCUT2D eigenvalue weighted by Crippen LogP contribution is -2.50. The fourth-order valence-corrected chi connectivity index (χ4v) is 5.95. The highest BCUT2D eigenvalue weighted by atomic mass is 32.1. The molecule has 1 aliphatic carbocycles. The molecule has 28 heavy (non-hydrogen) atoms. The average molecular weight is 407 g/mol. The van der Waals surface area contributed by atoms with Crippen LogP contribution in [0.1, 0.15) is 74.4 Å². The highest BCUT2D eigenvalue weighted by Gasteiger charge is 2.75. The van der Waals surface area contributed by atoms with Gasteiger partial charge in [-0.1, -0.05) is 13.8 Å². The van der Waals surface area contributed by atoms with Crippen molar-refractivity contribution >= 4 is 34.2 Å². The summed E-state index contributed by atoms with van der Waals surface area (Å²) in [4.78, 5) is 39.4. The summed E-state index contributed by atoms with van der Waals surface area (Å²) in [6, 6.07) is 0. The van der Waals surface area contributed by atoms with E-state index in [2.05, 4.69) is 5.32 Å². The van der Waals surface area contributed by atoms with Crippen molar-refractivity contribution in [1.29, 1.82) is 0 Å². The van der Waals surface area contributed by atoms with Gasteiger partial charge in [0.05, 0.1) is 24.7 Å². The third-order valence-electron chi connectivity index (χ3n) is 7.05. The minimum absolute atomic E-state index is 0.235. The number of anilines is 1. The third-order valence-corrected chi connectivity index (χ3v) is 8.14. The molecule has 2 aliphatic heterocycles. The highest BCUT2D eigenvalue weighted by Crippen LogP contribution is 2.65. The van der Waals surface area contributed by atoms with Crippen LogP contribution in [0.3, 0.4) is 0 Å². The van der Waals surface area contributed by atoms with Crippen molar-refractivity contribution in [2.24, 2.45) is 10.8 Å². The standard InChI is InChI=1S/C20H25NO6S/c1-6-25-15(22)13-12-10(2)26-9-11(12)28-14(13)21-16(23)20-8-7-19(5,17(24)27-20)18(20,3)4/h10H,6-9H2,1-5H3,(H,21,23)/t10?,19-,20-/m1/s1. The van der Waals surface area contributed by atoms with Gasteiger partial charge in [0.25, 0.3) is 5.91 Å². The number of esters is 2. The first kappa shape index (κ1) is 19.4. The largest absolute Gasteiger partial charge is 0.462 e. The van der Waals surface area contributed by atoms with Gasteiger partial charge in [-0.2, -0.15) is 0 Å². The molecule has 1 saturated carbocycles. The number of amides is 1. The Bertz CT molecular complexity index is 890. The maximum absolute atomic E-state index is 13.4. The Balaban J connectivity index is 1.71. The SMILES string of the molecule is CCOC(=O)c1c(NC(=O)[C@@]23CC[C@](C)(C(=O)O2)C3(C)C)sc2c1C(C)OC2. The summed E-state index contributed by atoms with van der Waals surface area (Å²) < 4.78 is 16.5. The van der Waals surface area contributed by atoms with Crippen molar-refractivity contribution < 1.29 is 28.6 Å². The number of carbonyl (C=O) groups is 3. The van der Waals surface area contributed by atoms with E-state index < -0.39 is 22.4 Å². The molecule has 0 spiro atoms. The van der Waals surface area contributed by atoms with E-state index in [1.165, 1.54) is 11.3 Å². The summed E-state index contributed by atoms with van der Waals surface area (Å²) in [7, 11) is 0. The van der Waals surface area contributed by atoms with Gasteiger partial charge in [-0.25, -0.2) is 4.79 Å². The molecule has 2 fully saturated rings. The Morgan fingerprint density at radius 2 is 2.00 bits per heavy atom. The second-order valence-electron chi connectivity index (χ2n) is 8.44. The molecule has 0 radical (unpaired) electrons. The molecule has 1 N–H and O–H groups in total. The molecule has 4 rings (SSSR count). The lowest BCUT2D eigenvalue weighted by atomic mass is 9.66. The molecule has 1 aromatic rings. The summed E-state index contributed by atoms with van der Waals surface area (Å²) in [6.07, 6.45) is 0.820. The van der Waals surface area contributed by atoms with E-state index >= 15 is 0 Å². The van der Waals surface area contributed by atoms with E-state index in [0.717, 1.165) is 10.4 Å². The molecule has 1 unspecified atom stereocenters. The Morgan fingerprint density at radius 1 is 1.29 bits per heavy atom. The van der Waals surface area contributed by atoms with Gasteiger partial charge >= 0.3 is 11.9 Å². The Kier molecular flexibility index (Phi) is 4.18. The van der Waals surface area contributed by atoms with E-state index in [1.807, 2.05) is 27.7 Å². The van der Waals surface area contributed by atoms with Gasteiger partial charge in [0.2, 0.25) is 0 Å². The lowest BCUT2D eigenvalue weighted by Gasteiger charge is -2.35. The minimum Gasteiger partial charge on any atom is -0.462 e. The second kappa shape index (κ2) is 6.03. The van der Waals surface area contributed by atoms with Gasteiger partial charge in [-0.3, -0.25) is 9.59 Å². The van der Waals surface area contributed by atoms with Crippen molar-refractivity contribution in [3.8, 4) is 0 Å². The predicted molar refractivity (Wildman–Crippen MR) is 102 cm³/mol. The zero-order valence-corrected chi connectivity index (χ0v) is 17.6. The zero-order valence-electron chi connectivity index (χ0n) is 16.8. The summed E-state index contributed by atoms with van der Waals surface area (Å²) in [5.74, 6) is -1.20. The number of fused-ring (bicyclic) bond motifs is 3. The highest BCUT2D eigenvalue weighted by molar-refractivity contribution is 7.17. The van der Waals surface area contributed by atoms with Crippen LogP contribution in [-0.2, 0) is 30.4 Å². The first-order chi connectivity index (χ1) is 13.1. The summed E-state index contributed by atoms with van der Waals surface area (Å²) in [5.41, 5.74) is -1.45.